The molecule has 0 atom stereocenters. The van der Waals surface area contributed by atoms with Gasteiger partial charge in [0.25, 0.3) is 10.0 Å². The van der Waals surface area contributed by atoms with Crippen LogP contribution in [0, 0.1) is 0 Å². The van der Waals surface area contributed by atoms with Crippen molar-refractivity contribution in [3.05, 3.63) is 34.2 Å². The number of nitrogens with one attached hydrogen (secondary N) is 2. The maximum absolute atomic E-state index is 12.1. The van der Waals surface area contributed by atoms with Gasteiger partial charge in [-0.1, -0.05) is 17.4 Å². The summed E-state index contributed by atoms with van der Waals surface area (Å²) in [6.07, 6.45) is 1.50. The van der Waals surface area contributed by atoms with E-state index >= 15 is 0 Å². The second kappa shape index (κ2) is 6.41. The summed E-state index contributed by atoms with van der Waals surface area (Å²) in [4.78, 5) is 15.5. The van der Waals surface area contributed by atoms with Crippen LogP contribution in [0.4, 0.5) is 9.93 Å². The minimum absolute atomic E-state index is 0.0719. The third-order valence-corrected chi connectivity index (χ3v) is 5.00. The lowest BCUT2D eigenvalue weighted by molar-refractivity contribution is 0.256. The van der Waals surface area contributed by atoms with Gasteiger partial charge in [0.15, 0.2) is 5.13 Å². The van der Waals surface area contributed by atoms with Gasteiger partial charge in [0.2, 0.25) is 0 Å². The number of hydrogen-bond acceptors (Lipinski definition) is 6. The predicted molar refractivity (Wildman–Crippen MR) is 82.1 cm³/mol. The summed E-state index contributed by atoms with van der Waals surface area (Å²) in [5.41, 5.74) is 0. The number of amides is 2. The van der Waals surface area contributed by atoms with Crippen molar-refractivity contribution in [3.8, 4) is 5.75 Å². The van der Waals surface area contributed by atoms with Gasteiger partial charge in [-0.3, -0.25) is 5.32 Å². The normalized spacial score (nSPS) is 11.0. The van der Waals surface area contributed by atoms with E-state index in [0.717, 1.165) is 11.3 Å². The molecule has 0 aliphatic carbocycles. The van der Waals surface area contributed by atoms with Gasteiger partial charge in [0, 0.05) is 6.07 Å². The van der Waals surface area contributed by atoms with Crippen LogP contribution in [0.2, 0.25) is 0 Å². The molecule has 7 nitrogen and oxygen atoms in total. The van der Waals surface area contributed by atoms with E-state index in [1.54, 1.807) is 6.07 Å². The van der Waals surface area contributed by atoms with Crippen molar-refractivity contribution in [1.82, 2.24) is 9.71 Å². The molecule has 2 aromatic rings. The van der Waals surface area contributed by atoms with E-state index in [1.807, 2.05) is 4.72 Å². The van der Waals surface area contributed by atoms with Crippen LogP contribution < -0.4 is 14.8 Å². The van der Waals surface area contributed by atoms with Crippen LogP contribution in [0.5, 0.6) is 5.75 Å². The number of nitrogens with zero attached hydrogens (tertiary/aromatic N) is 1. The summed E-state index contributed by atoms with van der Waals surface area (Å²) in [5, 5.41) is 2.61. The Morgan fingerprint density at radius 3 is 2.81 bits per heavy atom. The maximum Gasteiger partial charge on any atom is 0.334 e. The molecular weight excluding hydrogens is 382 g/mol. The van der Waals surface area contributed by atoms with Crippen molar-refractivity contribution < 1.29 is 17.9 Å². The molecule has 0 aliphatic rings. The van der Waals surface area contributed by atoms with Crippen LogP contribution in [0.15, 0.2) is 39.1 Å². The highest BCUT2D eigenvalue weighted by Gasteiger charge is 2.18. The van der Waals surface area contributed by atoms with E-state index in [1.165, 1.54) is 31.5 Å². The summed E-state index contributed by atoms with van der Waals surface area (Å²) in [6, 6.07) is 4.91. The second-order valence-corrected chi connectivity index (χ2v) is 7.80. The summed E-state index contributed by atoms with van der Waals surface area (Å²) in [6.45, 7) is 0. The van der Waals surface area contributed by atoms with E-state index in [2.05, 4.69) is 26.2 Å². The number of methoxy groups -OCH3 is 1. The molecule has 0 spiro atoms. The summed E-state index contributed by atoms with van der Waals surface area (Å²) in [7, 11) is -2.56. The Kier molecular flexibility index (Phi) is 4.80. The van der Waals surface area contributed by atoms with Gasteiger partial charge >= 0.3 is 6.03 Å². The average molecular weight is 392 g/mol. The molecule has 0 bridgehead atoms. The molecule has 2 amide bonds. The highest BCUT2D eigenvalue weighted by Crippen LogP contribution is 2.23. The number of thiazole rings is 1. The number of anilines is 1. The van der Waals surface area contributed by atoms with Crippen molar-refractivity contribution in [2.75, 3.05) is 12.4 Å². The zero-order chi connectivity index (χ0) is 15.5. The third kappa shape index (κ3) is 4.16. The minimum Gasteiger partial charge on any atom is -0.497 e. The van der Waals surface area contributed by atoms with E-state index in [0.29, 0.717) is 9.54 Å². The molecule has 0 radical (unpaired) electrons. The monoisotopic (exact) mass is 391 g/mol. The van der Waals surface area contributed by atoms with Crippen LogP contribution >= 0.6 is 27.3 Å². The number of hydrogen-bond donors (Lipinski definition) is 2. The molecule has 0 fully saturated rings. The molecule has 1 aromatic carbocycles. The zero-order valence-electron chi connectivity index (χ0n) is 10.7. The first kappa shape index (κ1) is 15.7. The second-order valence-electron chi connectivity index (χ2n) is 3.71. The average Bonchev–Trinajstić information content (AvgIpc) is 2.83. The van der Waals surface area contributed by atoms with Crippen molar-refractivity contribution in [2.24, 2.45) is 0 Å². The van der Waals surface area contributed by atoms with Crippen LogP contribution in [0.1, 0.15) is 0 Å². The Hall–Kier alpha value is -1.65. The standard InChI is InChI=1S/C11H10BrN3O4S2/c1-19-7-3-2-4-8(5-7)21(17,18)15-10(16)14-11-13-6-9(12)20-11/h2-6H,1H3,(H2,13,14,15,16). The summed E-state index contributed by atoms with van der Waals surface area (Å²) >= 11 is 4.35. The Labute approximate surface area is 133 Å². The van der Waals surface area contributed by atoms with E-state index in [-0.39, 0.29) is 10.0 Å². The minimum atomic E-state index is -3.98. The van der Waals surface area contributed by atoms with Crippen molar-refractivity contribution in [2.45, 2.75) is 4.90 Å². The zero-order valence-corrected chi connectivity index (χ0v) is 13.9. The number of halogens is 1. The maximum atomic E-state index is 12.1. The Balaban J connectivity index is 2.11. The van der Waals surface area contributed by atoms with Gasteiger partial charge in [0.1, 0.15) is 5.75 Å². The SMILES string of the molecule is COc1cccc(S(=O)(=O)NC(=O)Nc2ncc(Br)s2)c1. The molecule has 21 heavy (non-hydrogen) atoms. The number of rotatable bonds is 4. The molecule has 0 saturated heterocycles. The molecule has 10 heteroatoms. The smallest absolute Gasteiger partial charge is 0.334 e. The summed E-state index contributed by atoms with van der Waals surface area (Å²) < 4.78 is 31.7. The Bertz CT molecular complexity index is 760. The van der Waals surface area contributed by atoms with Crippen molar-refractivity contribution >= 4 is 48.5 Å². The van der Waals surface area contributed by atoms with E-state index in [4.69, 9.17) is 4.74 Å². The predicted octanol–water partition coefficient (Wildman–Crippen LogP) is 2.42. The molecule has 1 aromatic heterocycles. The van der Waals surface area contributed by atoms with Crippen LogP contribution in [-0.4, -0.2) is 26.5 Å². The molecule has 0 saturated carbocycles. The number of carbonyl (C=O) groups is 1. The van der Waals surface area contributed by atoms with E-state index in [9.17, 15) is 13.2 Å². The van der Waals surface area contributed by atoms with Gasteiger partial charge in [-0.05, 0) is 28.1 Å². The molecule has 112 valence electrons. The fourth-order valence-electron chi connectivity index (χ4n) is 1.38. The van der Waals surface area contributed by atoms with Crippen LogP contribution in [-0.2, 0) is 10.0 Å². The molecule has 1 heterocycles. The van der Waals surface area contributed by atoms with Gasteiger partial charge in [-0.15, -0.1) is 0 Å². The lowest BCUT2D eigenvalue weighted by Gasteiger charge is -2.08. The van der Waals surface area contributed by atoms with Crippen LogP contribution in [0.25, 0.3) is 0 Å². The van der Waals surface area contributed by atoms with Gasteiger partial charge in [-0.2, -0.15) is 0 Å². The molecule has 0 aliphatic heterocycles. The number of sulfonamides is 1. The quantitative estimate of drug-likeness (QED) is 0.833. The van der Waals surface area contributed by atoms with Crippen molar-refractivity contribution in [1.29, 1.82) is 0 Å². The topological polar surface area (TPSA) is 97.4 Å². The van der Waals surface area contributed by atoms with Gasteiger partial charge < -0.3 is 4.74 Å². The first-order valence-corrected chi connectivity index (χ1v) is 8.59. The fraction of sp³-hybridized carbons (Fsp3) is 0.0909. The Morgan fingerprint density at radius 2 is 2.19 bits per heavy atom. The first-order valence-electron chi connectivity index (χ1n) is 5.50. The van der Waals surface area contributed by atoms with Crippen LogP contribution in [0.3, 0.4) is 0 Å². The number of urea groups is 1. The number of aromatic nitrogens is 1. The Morgan fingerprint density at radius 1 is 1.43 bits per heavy atom. The number of benzene rings is 1. The number of carbonyl (C=O) groups excluding carboxylic acids is 1. The lowest BCUT2D eigenvalue weighted by Crippen LogP contribution is -2.34. The lowest BCUT2D eigenvalue weighted by atomic mass is 10.3. The highest BCUT2D eigenvalue weighted by molar-refractivity contribution is 9.11. The molecule has 2 N–H and O–H groups in total. The van der Waals surface area contributed by atoms with E-state index < -0.39 is 16.1 Å². The number of ether oxygens (including phenoxy) is 1. The van der Waals surface area contributed by atoms with Gasteiger partial charge in [-0.25, -0.2) is 22.9 Å². The van der Waals surface area contributed by atoms with Crippen molar-refractivity contribution in [3.63, 3.8) is 0 Å². The molecule has 0 unspecified atom stereocenters. The third-order valence-electron chi connectivity index (χ3n) is 2.28. The highest BCUT2D eigenvalue weighted by atomic mass is 79.9. The molecule has 2 rings (SSSR count). The fourth-order valence-corrected chi connectivity index (χ4v) is 3.43. The first-order chi connectivity index (χ1) is 9.90. The van der Waals surface area contributed by atoms with Gasteiger partial charge in [0.05, 0.1) is 22.0 Å². The largest absolute Gasteiger partial charge is 0.497 e. The summed E-state index contributed by atoms with van der Waals surface area (Å²) in [5.74, 6) is 0.377. The molecular formula is C11H10BrN3O4S2.